The van der Waals surface area contributed by atoms with Gasteiger partial charge in [-0.2, -0.15) is 10.1 Å². The van der Waals surface area contributed by atoms with E-state index in [1.165, 1.54) is 6.33 Å². The highest BCUT2D eigenvalue weighted by atomic mass is 16.5. The highest BCUT2D eigenvalue weighted by molar-refractivity contribution is 6.00. The molecule has 2 atom stereocenters. The smallest absolute Gasteiger partial charge is 0.226 e. The number of carbonyl (C=O) groups excluding carboxylic acids is 1. The molecule has 1 aliphatic carbocycles. The van der Waals surface area contributed by atoms with Crippen LogP contribution in [-0.2, 0) is 4.79 Å². The van der Waals surface area contributed by atoms with Gasteiger partial charge in [0.15, 0.2) is 5.78 Å². The van der Waals surface area contributed by atoms with E-state index in [4.69, 9.17) is 9.15 Å². The summed E-state index contributed by atoms with van der Waals surface area (Å²) in [5.41, 5.74) is 2.50. The van der Waals surface area contributed by atoms with Crippen LogP contribution >= 0.6 is 0 Å². The van der Waals surface area contributed by atoms with Gasteiger partial charge >= 0.3 is 0 Å². The number of ketones is 1. The fourth-order valence-electron chi connectivity index (χ4n) is 4.06. The van der Waals surface area contributed by atoms with Crippen molar-refractivity contribution in [3.8, 4) is 5.75 Å². The first-order valence-corrected chi connectivity index (χ1v) is 8.85. The van der Waals surface area contributed by atoms with Crippen LogP contribution < -0.4 is 10.1 Å². The number of aromatic nitrogens is 3. The standard InChI is InChI=1S/C20H18N4O3/c1-26-17-6-3-2-5-13(17)19-18-14(23-20-21-11-22-24(19)20)9-12(10-15(18)25)16-7-4-8-27-16/h2-8,11-12,19H,9-10H2,1H3,(H,21,22,23)/t12-,19-/m1/s1. The predicted octanol–water partition coefficient (Wildman–Crippen LogP) is 3.30. The molecule has 2 aromatic heterocycles. The molecule has 3 aromatic rings. The third kappa shape index (κ3) is 2.46. The van der Waals surface area contributed by atoms with Gasteiger partial charge in [0.05, 0.1) is 13.4 Å². The van der Waals surface area contributed by atoms with Crippen LogP contribution in [0, 0.1) is 0 Å². The topological polar surface area (TPSA) is 82.2 Å². The van der Waals surface area contributed by atoms with Crippen molar-refractivity contribution in [2.24, 2.45) is 0 Å². The van der Waals surface area contributed by atoms with E-state index in [-0.39, 0.29) is 17.7 Å². The van der Waals surface area contributed by atoms with Crippen molar-refractivity contribution in [3.05, 3.63) is 71.6 Å². The number of Topliss-reactive ketones (excluding diaryl/α,β-unsaturated/α-hetero) is 1. The Bertz CT molecular complexity index is 1040. The largest absolute Gasteiger partial charge is 0.496 e. The first-order valence-electron chi connectivity index (χ1n) is 8.85. The summed E-state index contributed by atoms with van der Waals surface area (Å²) >= 11 is 0. The maximum atomic E-state index is 13.2. The molecule has 0 radical (unpaired) electrons. The van der Waals surface area contributed by atoms with Gasteiger partial charge in [0.25, 0.3) is 0 Å². The minimum Gasteiger partial charge on any atom is -0.496 e. The first-order chi connectivity index (χ1) is 13.3. The number of nitrogens with zero attached hydrogens (tertiary/aromatic N) is 3. The lowest BCUT2D eigenvalue weighted by molar-refractivity contribution is -0.117. The van der Waals surface area contributed by atoms with Crippen LogP contribution in [0.2, 0.25) is 0 Å². The summed E-state index contributed by atoms with van der Waals surface area (Å²) in [5.74, 6) is 2.28. The fourth-order valence-corrected chi connectivity index (χ4v) is 4.06. The van der Waals surface area contributed by atoms with E-state index in [1.54, 1.807) is 18.1 Å². The van der Waals surface area contributed by atoms with Crippen molar-refractivity contribution in [2.45, 2.75) is 24.8 Å². The molecule has 0 saturated heterocycles. The van der Waals surface area contributed by atoms with Gasteiger partial charge in [-0.25, -0.2) is 4.68 Å². The molecule has 0 amide bonds. The number of para-hydroxylation sites is 1. The maximum Gasteiger partial charge on any atom is 0.226 e. The molecule has 1 aromatic carbocycles. The van der Waals surface area contributed by atoms with E-state index in [0.717, 1.165) is 28.3 Å². The molecule has 1 aliphatic heterocycles. The van der Waals surface area contributed by atoms with E-state index in [1.807, 2.05) is 36.4 Å². The van der Waals surface area contributed by atoms with Gasteiger partial charge in [0.1, 0.15) is 23.9 Å². The average Bonchev–Trinajstić information content (AvgIpc) is 3.38. The Hall–Kier alpha value is -3.35. The van der Waals surface area contributed by atoms with E-state index in [2.05, 4.69) is 15.4 Å². The molecule has 0 fully saturated rings. The van der Waals surface area contributed by atoms with Gasteiger partial charge in [-0.15, -0.1) is 0 Å². The normalized spacial score (nSPS) is 21.4. The van der Waals surface area contributed by atoms with Gasteiger partial charge in [-0.3, -0.25) is 4.79 Å². The summed E-state index contributed by atoms with van der Waals surface area (Å²) in [6, 6.07) is 11.1. The molecular weight excluding hydrogens is 344 g/mol. The Morgan fingerprint density at radius 1 is 1.22 bits per heavy atom. The number of ether oxygens (including phenoxy) is 1. The Morgan fingerprint density at radius 2 is 2.11 bits per heavy atom. The number of anilines is 1. The monoisotopic (exact) mass is 362 g/mol. The lowest BCUT2D eigenvalue weighted by Gasteiger charge is -2.34. The summed E-state index contributed by atoms with van der Waals surface area (Å²) < 4.78 is 12.9. The number of hydrogen-bond acceptors (Lipinski definition) is 6. The van der Waals surface area contributed by atoms with E-state index < -0.39 is 0 Å². The first kappa shape index (κ1) is 15.9. The zero-order chi connectivity index (χ0) is 18.4. The molecule has 3 heterocycles. The van der Waals surface area contributed by atoms with Crippen molar-refractivity contribution in [3.63, 3.8) is 0 Å². The quantitative estimate of drug-likeness (QED) is 0.770. The third-order valence-corrected chi connectivity index (χ3v) is 5.24. The Labute approximate surface area is 155 Å². The molecule has 0 unspecified atom stereocenters. The van der Waals surface area contributed by atoms with Crippen LogP contribution in [0.3, 0.4) is 0 Å². The second kappa shape index (κ2) is 6.12. The van der Waals surface area contributed by atoms with Crippen molar-refractivity contribution < 1.29 is 13.9 Å². The zero-order valence-corrected chi connectivity index (χ0v) is 14.8. The summed E-state index contributed by atoms with van der Waals surface area (Å²) in [6.45, 7) is 0. The fraction of sp³-hybridized carbons (Fsp3) is 0.250. The molecular formula is C20H18N4O3. The summed E-state index contributed by atoms with van der Waals surface area (Å²) in [7, 11) is 1.63. The minimum absolute atomic E-state index is 0.0199. The zero-order valence-electron chi connectivity index (χ0n) is 14.8. The minimum atomic E-state index is -0.361. The highest BCUT2D eigenvalue weighted by Crippen LogP contribution is 2.45. The molecule has 5 rings (SSSR count). The molecule has 0 spiro atoms. The number of furan rings is 1. The number of carbonyl (C=O) groups is 1. The molecule has 27 heavy (non-hydrogen) atoms. The van der Waals surface area contributed by atoms with Crippen LogP contribution in [-0.4, -0.2) is 27.7 Å². The highest BCUT2D eigenvalue weighted by Gasteiger charge is 2.40. The van der Waals surface area contributed by atoms with Gasteiger partial charge in [0, 0.05) is 29.2 Å². The number of rotatable bonds is 3. The maximum absolute atomic E-state index is 13.2. The number of methoxy groups -OCH3 is 1. The summed E-state index contributed by atoms with van der Waals surface area (Å²) in [6.07, 6.45) is 4.24. The van der Waals surface area contributed by atoms with Crippen LogP contribution in [0.4, 0.5) is 5.95 Å². The van der Waals surface area contributed by atoms with E-state index >= 15 is 0 Å². The second-order valence-electron chi connectivity index (χ2n) is 6.73. The van der Waals surface area contributed by atoms with Crippen molar-refractivity contribution >= 4 is 11.7 Å². The van der Waals surface area contributed by atoms with Crippen molar-refractivity contribution in [1.82, 2.24) is 14.8 Å². The predicted molar refractivity (Wildman–Crippen MR) is 97.5 cm³/mol. The average molecular weight is 362 g/mol. The van der Waals surface area contributed by atoms with Gasteiger partial charge in [0.2, 0.25) is 5.95 Å². The molecule has 136 valence electrons. The van der Waals surface area contributed by atoms with Crippen molar-refractivity contribution in [1.29, 1.82) is 0 Å². The molecule has 7 heteroatoms. The lowest BCUT2D eigenvalue weighted by atomic mass is 9.79. The summed E-state index contributed by atoms with van der Waals surface area (Å²) in [5, 5.41) is 7.67. The number of fused-ring (bicyclic) bond motifs is 1. The SMILES string of the molecule is COc1ccccc1[C@@H]1C2=C(C[C@@H](c3ccco3)CC2=O)Nc2ncnn21. The Morgan fingerprint density at radius 3 is 2.93 bits per heavy atom. The molecule has 0 bridgehead atoms. The third-order valence-electron chi connectivity index (χ3n) is 5.24. The number of benzene rings is 1. The lowest BCUT2D eigenvalue weighted by Crippen LogP contribution is -2.33. The van der Waals surface area contributed by atoms with Gasteiger partial charge in [-0.1, -0.05) is 18.2 Å². The van der Waals surface area contributed by atoms with Crippen LogP contribution in [0.15, 0.2) is 64.7 Å². The molecule has 7 nitrogen and oxygen atoms in total. The van der Waals surface area contributed by atoms with Crippen LogP contribution in [0.5, 0.6) is 5.75 Å². The molecule has 2 aliphatic rings. The molecule has 0 saturated carbocycles. The Balaban J connectivity index is 1.65. The Kier molecular flexibility index (Phi) is 3.60. The van der Waals surface area contributed by atoms with Crippen molar-refractivity contribution in [2.75, 3.05) is 12.4 Å². The molecule has 1 N–H and O–H groups in total. The number of nitrogens with one attached hydrogen (secondary N) is 1. The summed E-state index contributed by atoms with van der Waals surface area (Å²) in [4.78, 5) is 17.5. The second-order valence-corrected chi connectivity index (χ2v) is 6.73. The van der Waals surface area contributed by atoms with Crippen LogP contribution in [0.1, 0.15) is 36.1 Å². The number of allylic oxidation sites excluding steroid dienone is 2. The van der Waals surface area contributed by atoms with Gasteiger partial charge in [-0.05, 0) is 24.6 Å². The van der Waals surface area contributed by atoms with Gasteiger partial charge < -0.3 is 14.5 Å². The van der Waals surface area contributed by atoms with Crippen LogP contribution in [0.25, 0.3) is 0 Å². The number of hydrogen-bond donors (Lipinski definition) is 1. The van der Waals surface area contributed by atoms with E-state index in [9.17, 15) is 4.79 Å². The van der Waals surface area contributed by atoms with E-state index in [0.29, 0.717) is 18.8 Å².